The molecule has 6 heteroatoms. The summed E-state index contributed by atoms with van der Waals surface area (Å²) in [7, 11) is 0. The molecule has 0 unspecified atom stereocenters. The van der Waals surface area contributed by atoms with Gasteiger partial charge in [-0.2, -0.15) is 5.10 Å². The molecule has 0 saturated carbocycles. The molecule has 1 saturated heterocycles. The number of aromatic amines is 1. The Hall–Kier alpha value is -2.18. The van der Waals surface area contributed by atoms with Crippen LogP contribution in [0, 0.1) is 0 Å². The Morgan fingerprint density at radius 3 is 3.12 bits per heavy atom. The molecule has 1 amide bonds. The van der Waals surface area contributed by atoms with Crippen molar-refractivity contribution in [2.75, 3.05) is 19.7 Å². The lowest BCUT2D eigenvalue weighted by Gasteiger charge is -2.17. The van der Waals surface area contributed by atoms with Crippen molar-refractivity contribution in [3.05, 3.63) is 52.8 Å². The number of carbonyl (C=O) groups is 1. The maximum absolute atomic E-state index is 12.5. The minimum atomic E-state index is -0.0930. The maximum Gasteiger partial charge on any atom is 0.272 e. The van der Waals surface area contributed by atoms with E-state index in [0.717, 1.165) is 43.7 Å². The van der Waals surface area contributed by atoms with Crippen LogP contribution in [0.2, 0.25) is 0 Å². The molecular weight excluding hydrogens is 304 g/mol. The molecule has 1 atom stereocenters. The van der Waals surface area contributed by atoms with Gasteiger partial charge in [0.2, 0.25) is 0 Å². The number of fused-ring (bicyclic) bond motifs is 1. The second-order valence-electron chi connectivity index (χ2n) is 6.51. The number of rotatable bonds is 4. The van der Waals surface area contributed by atoms with Crippen LogP contribution in [-0.2, 0) is 24.3 Å². The lowest BCUT2D eigenvalue weighted by Crippen LogP contribution is -2.37. The Morgan fingerprint density at radius 1 is 1.38 bits per heavy atom. The molecular formula is C18H22N4O2. The molecule has 2 aliphatic heterocycles. The third-order valence-electron chi connectivity index (χ3n) is 4.77. The molecule has 3 heterocycles. The second-order valence-corrected chi connectivity index (χ2v) is 6.51. The first-order chi connectivity index (χ1) is 11.8. The van der Waals surface area contributed by atoms with Crippen LogP contribution in [0.25, 0.3) is 0 Å². The van der Waals surface area contributed by atoms with Gasteiger partial charge >= 0.3 is 0 Å². The smallest absolute Gasteiger partial charge is 0.272 e. The van der Waals surface area contributed by atoms with Crippen molar-refractivity contribution in [2.24, 2.45) is 0 Å². The van der Waals surface area contributed by atoms with E-state index in [4.69, 9.17) is 4.74 Å². The number of ether oxygens (including phenoxy) is 1. The number of benzene rings is 1. The molecule has 6 nitrogen and oxygen atoms in total. The highest BCUT2D eigenvalue weighted by molar-refractivity contribution is 5.94. The summed E-state index contributed by atoms with van der Waals surface area (Å²) in [6, 6.07) is 10.6. The second kappa shape index (κ2) is 6.75. The Balaban J connectivity index is 1.35. The number of H-pyrrole nitrogens is 1. The first kappa shape index (κ1) is 15.4. The minimum absolute atomic E-state index is 0.0930. The largest absolute Gasteiger partial charge is 0.376 e. The summed E-state index contributed by atoms with van der Waals surface area (Å²) >= 11 is 0. The monoisotopic (exact) mass is 326 g/mol. The minimum Gasteiger partial charge on any atom is -0.376 e. The molecule has 0 radical (unpaired) electrons. The van der Waals surface area contributed by atoms with E-state index in [1.807, 2.05) is 6.07 Å². The average Bonchev–Trinajstić information content (AvgIpc) is 3.22. The van der Waals surface area contributed by atoms with E-state index >= 15 is 0 Å². The first-order valence-corrected chi connectivity index (χ1v) is 8.50. The lowest BCUT2D eigenvalue weighted by atomic mass is 10.1. The normalized spacial score (nSPS) is 20.8. The molecule has 24 heavy (non-hydrogen) atoms. The number of carbonyl (C=O) groups excluding carboxylic acids is 1. The topological polar surface area (TPSA) is 70.2 Å². The van der Waals surface area contributed by atoms with Gasteiger partial charge in [-0.05, 0) is 12.0 Å². The van der Waals surface area contributed by atoms with E-state index in [2.05, 4.69) is 44.7 Å². The summed E-state index contributed by atoms with van der Waals surface area (Å²) in [4.78, 5) is 14.9. The first-order valence-electron chi connectivity index (χ1n) is 8.50. The highest BCUT2D eigenvalue weighted by Gasteiger charge is 2.27. The van der Waals surface area contributed by atoms with Gasteiger partial charge in [-0.3, -0.25) is 14.8 Å². The van der Waals surface area contributed by atoms with Crippen molar-refractivity contribution in [1.29, 1.82) is 0 Å². The molecule has 126 valence electrons. The average molecular weight is 326 g/mol. The number of likely N-dealkylation sites (tertiary alicyclic amines) is 1. The van der Waals surface area contributed by atoms with Crippen LogP contribution < -0.4 is 5.32 Å². The molecule has 1 aromatic carbocycles. The van der Waals surface area contributed by atoms with E-state index in [-0.39, 0.29) is 11.9 Å². The fraction of sp³-hybridized carbons (Fsp3) is 0.444. The lowest BCUT2D eigenvalue weighted by molar-refractivity contribution is 0.0910. The predicted molar refractivity (Wildman–Crippen MR) is 89.5 cm³/mol. The summed E-state index contributed by atoms with van der Waals surface area (Å²) in [6.07, 6.45) is 1.77. The molecule has 1 aromatic heterocycles. The molecule has 0 spiro atoms. The zero-order valence-electron chi connectivity index (χ0n) is 13.6. The molecule has 0 bridgehead atoms. The summed E-state index contributed by atoms with van der Waals surface area (Å²) < 4.78 is 5.45. The van der Waals surface area contributed by atoms with Gasteiger partial charge in [0.25, 0.3) is 5.91 Å². The van der Waals surface area contributed by atoms with Crippen LogP contribution in [0.15, 0.2) is 30.3 Å². The van der Waals surface area contributed by atoms with Crippen molar-refractivity contribution in [1.82, 2.24) is 20.4 Å². The van der Waals surface area contributed by atoms with Crippen LogP contribution in [0.5, 0.6) is 0 Å². The summed E-state index contributed by atoms with van der Waals surface area (Å²) in [5.41, 5.74) is 3.75. The van der Waals surface area contributed by atoms with Crippen molar-refractivity contribution in [3.63, 3.8) is 0 Å². The van der Waals surface area contributed by atoms with Crippen molar-refractivity contribution in [3.8, 4) is 0 Å². The van der Waals surface area contributed by atoms with Gasteiger partial charge in [-0.25, -0.2) is 0 Å². The van der Waals surface area contributed by atoms with Crippen LogP contribution in [-0.4, -0.2) is 46.7 Å². The zero-order valence-corrected chi connectivity index (χ0v) is 13.6. The third kappa shape index (κ3) is 3.20. The summed E-state index contributed by atoms with van der Waals surface area (Å²) in [6.45, 7) is 3.97. The van der Waals surface area contributed by atoms with E-state index < -0.39 is 0 Å². The van der Waals surface area contributed by atoms with Crippen LogP contribution >= 0.6 is 0 Å². The van der Waals surface area contributed by atoms with Gasteiger partial charge in [0.1, 0.15) is 0 Å². The molecule has 1 fully saturated rings. The Bertz CT molecular complexity index is 713. The molecule has 2 N–H and O–H groups in total. The molecule has 4 rings (SSSR count). The van der Waals surface area contributed by atoms with Gasteiger partial charge in [-0.15, -0.1) is 0 Å². The number of hydrogen-bond acceptors (Lipinski definition) is 4. The van der Waals surface area contributed by atoms with Crippen LogP contribution in [0.1, 0.15) is 33.7 Å². The van der Waals surface area contributed by atoms with Gasteiger partial charge in [0.05, 0.1) is 13.2 Å². The van der Waals surface area contributed by atoms with Crippen molar-refractivity contribution < 1.29 is 9.53 Å². The number of nitrogens with one attached hydrogen (secondary N) is 2. The summed E-state index contributed by atoms with van der Waals surface area (Å²) in [5, 5.41) is 10.3. The number of hydrogen-bond donors (Lipinski definition) is 2. The van der Waals surface area contributed by atoms with Gasteiger partial charge in [-0.1, -0.05) is 30.3 Å². The zero-order chi connectivity index (χ0) is 16.4. The Kier molecular flexibility index (Phi) is 4.32. The number of aromatic nitrogens is 2. The molecule has 0 aliphatic carbocycles. The Labute approximate surface area is 141 Å². The fourth-order valence-corrected chi connectivity index (χ4v) is 3.49. The molecule has 2 aliphatic rings. The van der Waals surface area contributed by atoms with E-state index in [0.29, 0.717) is 18.9 Å². The van der Waals surface area contributed by atoms with Crippen molar-refractivity contribution >= 4 is 5.91 Å². The van der Waals surface area contributed by atoms with Crippen LogP contribution in [0.3, 0.4) is 0 Å². The highest BCUT2D eigenvalue weighted by Crippen LogP contribution is 2.19. The van der Waals surface area contributed by atoms with E-state index in [1.54, 1.807) is 0 Å². The predicted octanol–water partition coefficient (Wildman–Crippen LogP) is 1.49. The number of nitrogens with zero attached hydrogens (tertiary/aromatic N) is 2. The van der Waals surface area contributed by atoms with Gasteiger partial charge < -0.3 is 10.1 Å². The molecule has 2 aromatic rings. The number of amides is 1. The highest BCUT2D eigenvalue weighted by atomic mass is 16.5. The van der Waals surface area contributed by atoms with Crippen molar-refractivity contribution in [2.45, 2.75) is 32.0 Å². The Morgan fingerprint density at radius 2 is 2.25 bits per heavy atom. The quantitative estimate of drug-likeness (QED) is 0.893. The SMILES string of the molecule is O=C(N[C@H]1CCN(Cc2ccccc2)C1)c1n[nH]c2c1COCC2. The van der Waals surface area contributed by atoms with E-state index in [1.165, 1.54) is 5.56 Å². The fourth-order valence-electron chi connectivity index (χ4n) is 3.49. The van der Waals surface area contributed by atoms with Gasteiger partial charge in [0, 0.05) is 43.4 Å². The van der Waals surface area contributed by atoms with Crippen LogP contribution in [0.4, 0.5) is 0 Å². The maximum atomic E-state index is 12.5. The van der Waals surface area contributed by atoms with Gasteiger partial charge in [0.15, 0.2) is 5.69 Å². The summed E-state index contributed by atoms with van der Waals surface area (Å²) in [5.74, 6) is -0.0930. The standard InChI is InChI=1S/C18H22N4O2/c23-18(17-15-12-24-9-7-16(15)20-21-17)19-14-6-8-22(11-14)10-13-4-2-1-3-5-13/h1-5,14H,6-12H2,(H,19,23)(H,20,21)/t14-/m0/s1. The third-order valence-corrected chi connectivity index (χ3v) is 4.77. The van der Waals surface area contributed by atoms with E-state index in [9.17, 15) is 4.79 Å².